The van der Waals surface area contributed by atoms with Crippen molar-refractivity contribution < 1.29 is 0 Å². The highest BCUT2D eigenvalue weighted by Crippen LogP contribution is 2.20. The highest BCUT2D eigenvalue weighted by Gasteiger charge is 2.10. The van der Waals surface area contributed by atoms with Gasteiger partial charge in [0.05, 0.1) is 5.69 Å². The Bertz CT molecular complexity index is 656. The molecule has 0 saturated heterocycles. The quantitative estimate of drug-likeness (QED) is 0.817. The molecule has 1 aromatic heterocycles. The monoisotopic (exact) mass is 301 g/mol. The van der Waals surface area contributed by atoms with E-state index in [0.29, 0.717) is 11.7 Å². The third-order valence-corrected chi connectivity index (χ3v) is 4.04. The smallest absolute Gasteiger partial charge is 0.255 e. The molecule has 0 aliphatic heterocycles. The van der Waals surface area contributed by atoms with Crippen molar-refractivity contribution in [2.24, 2.45) is 5.92 Å². The van der Waals surface area contributed by atoms with Crippen molar-refractivity contribution in [3.8, 4) is 11.3 Å². The Hall–Kier alpha value is -1.48. The Morgan fingerprint density at radius 3 is 2.33 bits per heavy atom. The van der Waals surface area contributed by atoms with Crippen molar-refractivity contribution in [3.05, 3.63) is 57.9 Å². The second-order valence-corrected chi connectivity index (χ2v) is 6.22. The molecule has 0 atom stereocenters. The summed E-state index contributed by atoms with van der Waals surface area (Å²) < 4.78 is 1.90. The number of thiol groups is 1. The molecule has 0 saturated carbocycles. The Balaban J connectivity index is 2.51. The van der Waals surface area contributed by atoms with Gasteiger partial charge in [0.1, 0.15) is 0 Å². The zero-order valence-corrected chi connectivity index (χ0v) is 13.9. The zero-order chi connectivity index (χ0) is 15.4. The van der Waals surface area contributed by atoms with Gasteiger partial charge in [-0.05, 0) is 30.9 Å². The van der Waals surface area contributed by atoms with Crippen LogP contribution in [0.25, 0.3) is 11.3 Å². The highest BCUT2D eigenvalue weighted by atomic mass is 32.1. The van der Waals surface area contributed by atoms with Crippen LogP contribution in [-0.4, -0.2) is 4.57 Å². The molecule has 2 aromatic rings. The molecule has 1 aromatic carbocycles. The van der Waals surface area contributed by atoms with Crippen molar-refractivity contribution in [3.63, 3.8) is 0 Å². The fraction of sp³-hybridized carbons (Fsp3) is 0.389. The summed E-state index contributed by atoms with van der Waals surface area (Å²) in [5.74, 6) is 1.05. The van der Waals surface area contributed by atoms with E-state index < -0.39 is 0 Å². The van der Waals surface area contributed by atoms with Gasteiger partial charge < -0.3 is 4.57 Å². The average molecular weight is 301 g/mol. The van der Waals surface area contributed by atoms with Crippen molar-refractivity contribution in [2.75, 3.05) is 0 Å². The minimum Gasteiger partial charge on any atom is -0.308 e. The molecular formula is C18H23NOS. The predicted molar refractivity (Wildman–Crippen MR) is 93.0 cm³/mol. The molecule has 3 heteroatoms. The molecule has 112 valence electrons. The number of hydrogen-bond donors (Lipinski definition) is 1. The van der Waals surface area contributed by atoms with Crippen molar-refractivity contribution in [1.29, 1.82) is 0 Å². The molecule has 2 nitrogen and oxygen atoms in total. The number of aryl methyl sites for hydroxylation is 1. The number of pyridine rings is 1. The molecule has 0 unspecified atom stereocenters. The standard InChI is InChI=1S/C18H23NOS/c1-13(2)10-11-19-17(9-8-16(12-21)18(19)20)15-6-4-14(3)5-7-15/h4-9,13,21H,10-12H2,1-3H3. The molecule has 2 rings (SSSR count). The van der Waals surface area contributed by atoms with Crippen LogP contribution in [0.2, 0.25) is 0 Å². The summed E-state index contributed by atoms with van der Waals surface area (Å²) in [4.78, 5) is 12.6. The normalized spacial score (nSPS) is 11.1. The fourth-order valence-electron chi connectivity index (χ4n) is 2.33. The molecule has 0 fully saturated rings. The number of hydrogen-bond acceptors (Lipinski definition) is 2. The summed E-state index contributed by atoms with van der Waals surface area (Å²) in [5, 5.41) is 0. The van der Waals surface area contributed by atoms with Gasteiger partial charge in [0.15, 0.2) is 0 Å². The summed E-state index contributed by atoms with van der Waals surface area (Å²) in [6, 6.07) is 12.3. The molecule has 0 bridgehead atoms. The number of benzene rings is 1. The van der Waals surface area contributed by atoms with E-state index in [0.717, 1.165) is 29.8 Å². The fourth-order valence-corrected chi connectivity index (χ4v) is 2.57. The zero-order valence-electron chi connectivity index (χ0n) is 13.0. The van der Waals surface area contributed by atoms with E-state index in [1.54, 1.807) is 0 Å². The maximum Gasteiger partial charge on any atom is 0.255 e. The molecule has 0 amide bonds. The molecule has 0 spiro atoms. The van der Waals surface area contributed by atoms with Gasteiger partial charge in [-0.15, -0.1) is 0 Å². The summed E-state index contributed by atoms with van der Waals surface area (Å²) in [5.41, 5.74) is 4.15. The number of rotatable bonds is 5. The van der Waals surface area contributed by atoms with Gasteiger partial charge in [0.25, 0.3) is 5.56 Å². The van der Waals surface area contributed by atoms with E-state index in [-0.39, 0.29) is 5.56 Å². The van der Waals surface area contributed by atoms with Gasteiger partial charge in [-0.1, -0.05) is 49.7 Å². The highest BCUT2D eigenvalue weighted by molar-refractivity contribution is 7.79. The van der Waals surface area contributed by atoms with Gasteiger partial charge in [-0.3, -0.25) is 4.79 Å². The van der Waals surface area contributed by atoms with Crippen molar-refractivity contribution in [1.82, 2.24) is 4.57 Å². The van der Waals surface area contributed by atoms with E-state index in [4.69, 9.17) is 0 Å². The number of nitrogens with zero attached hydrogens (tertiary/aromatic N) is 1. The Morgan fingerprint density at radius 1 is 1.10 bits per heavy atom. The predicted octanol–water partition coefficient (Wildman–Crippen LogP) is 4.30. The van der Waals surface area contributed by atoms with Gasteiger partial charge in [-0.2, -0.15) is 12.6 Å². The third kappa shape index (κ3) is 3.79. The lowest BCUT2D eigenvalue weighted by Crippen LogP contribution is -2.25. The van der Waals surface area contributed by atoms with Gasteiger partial charge in [0, 0.05) is 17.9 Å². The van der Waals surface area contributed by atoms with Crippen LogP contribution in [0.15, 0.2) is 41.2 Å². The van der Waals surface area contributed by atoms with Crippen LogP contribution in [0.1, 0.15) is 31.4 Å². The lowest BCUT2D eigenvalue weighted by Gasteiger charge is -2.16. The lowest BCUT2D eigenvalue weighted by atomic mass is 10.1. The third-order valence-electron chi connectivity index (χ3n) is 3.70. The van der Waals surface area contributed by atoms with E-state index in [9.17, 15) is 4.79 Å². The first-order chi connectivity index (χ1) is 10.0. The topological polar surface area (TPSA) is 22.0 Å². The van der Waals surface area contributed by atoms with Crippen LogP contribution in [0.3, 0.4) is 0 Å². The van der Waals surface area contributed by atoms with Crippen molar-refractivity contribution >= 4 is 12.6 Å². The van der Waals surface area contributed by atoms with Gasteiger partial charge >= 0.3 is 0 Å². The molecule has 0 aliphatic rings. The lowest BCUT2D eigenvalue weighted by molar-refractivity contribution is 0.510. The van der Waals surface area contributed by atoms with Crippen LogP contribution in [0, 0.1) is 12.8 Å². The van der Waals surface area contributed by atoms with Gasteiger partial charge in [-0.25, -0.2) is 0 Å². The molecule has 1 heterocycles. The number of aromatic nitrogens is 1. The second-order valence-electron chi connectivity index (χ2n) is 5.91. The van der Waals surface area contributed by atoms with E-state index in [1.165, 1.54) is 5.56 Å². The SMILES string of the molecule is Cc1ccc(-c2ccc(CS)c(=O)n2CCC(C)C)cc1. The Morgan fingerprint density at radius 2 is 1.76 bits per heavy atom. The van der Waals surface area contributed by atoms with Crippen molar-refractivity contribution in [2.45, 2.75) is 39.5 Å². The summed E-state index contributed by atoms with van der Waals surface area (Å²) in [7, 11) is 0. The van der Waals surface area contributed by atoms with Gasteiger partial charge in [0.2, 0.25) is 0 Å². The second kappa shape index (κ2) is 6.99. The average Bonchev–Trinajstić information content (AvgIpc) is 2.46. The first-order valence-corrected chi connectivity index (χ1v) is 8.06. The minimum absolute atomic E-state index is 0.0868. The summed E-state index contributed by atoms with van der Waals surface area (Å²) >= 11 is 4.26. The Labute approximate surface area is 132 Å². The van der Waals surface area contributed by atoms with Crippen LogP contribution >= 0.6 is 12.6 Å². The largest absolute Gasteiger partial charge is 0.308 e. The first-order valence-electron chi connectivity index (χ1n) is 7.43. The molecule has 21 heavy (non-hydrogen) atoms. The van der Waals surface area contributed by atoms with Crippen LogP contribution < -0.4 is 5.56 Å². The molecular weight excluding hydrogens is 278 g/mol. The molecule has 0 N–H and O–H groups in total. The van der Waals surface area contributed by atoms with Crippen LogP contribution in [0.5, 0.6) is 0 Å². The summed E-state index contributed by atoms with van der Waals surface area (Å²) in [6.07, 6.45) is 0.995. The molecule has 0 aliphatic carbocycles. The first kappa shape index (κ1) is 15.9. The van der Waals surface area contributed by atoms with E-state index >= 15 is 0 Å². The van der Waals surface area contributed by atoms with Crippen LogP contribution in [0.4, 0.5) is 0 Å². The van der Waals surface area contributed by atoms with E-state index in [1.807, 2.05) is 16.7 Å². The maximum absolute atomic E-state index is 12.6. The molecule has 0 radical (unpaired) electrons. The Kier molecular flexibility index (Phi) is 5.29. The maximum atomic E-state index is 12.6. The summed E-state index contributed by atoms with van der Waals surface area (Å²) in [6.45, 7) is 7.18. The minimum atomic E-state index is 0.0868. The van der Waals surface area contributed by atoms with Crippen LogP contribution in [-0.2, 0) is 12.3 Å². The van der Waals surface area contributed by atoms with E-state index in [2.05, 4.69) is 57.7 Å².